The maximum Gasteiger partial charge on any atom is 0.313 e. The van der Waals surface area contributed by atoms with Crippen LogP contribution in [0, 0.1) is 6.92 Å². The molecule has 0 fully saturated rings. The molecule has 1 unspecified atom stereocenters. The lowest BCUT2D eigenvalue weighted by atomic mass is 9.96. The number of hydrogen-bond acceptors (Lipinski definition) is 4. The molecule has 6 heteroatoms. The Labute approximate surface area is 201 Å². The number of aryl methyl sites for hydroxylation is 1. The summed E-state index contributed by atoms with van der Waals surface area (Å²) >= 11 is 0. The molecule has 0 saturated carbocycles. The van der Waals surface area contributed by atoms with E-state index in [0.717, 1.165) is 36.3 Å². The van der Waals surface area contributed by atoms with Crippen molar-refractivity contribution in [1.82, 2.24) is 10.2 Å². The fourth-order valence-electron chi connectivity index (χ4n) is 4.42. The van der Waals surface area contributed by atoms with Gasteiger partial charge >= 0.3 is 11.8 Å². The van der Waals surface area contributed by atoms with Gasteiger partial charge in [0.05, 0.1) is 6.04 Å². The minimum atomic E-state index is -0.656. The largest absolute Gasteiger partial charge is 0.378 e. The van der Waals surface area contributed by atoms with Crippen molar-refractivity contribution in [3.05, 3.63) is 95.1 Å². The smallest absolute Gasteiger partial charge is 0.313 e. The van der Waals surface area contributed by atoms with Crippen LogP contribution in [-0.4, -0.2) is 43.9 Å². The summed E-state index contributed by atoms with van der Waals surface area (Å²) in [5.74, 6) is -1.29. The van der Waals surface area contributed by atoms with E-state index in [1.807, 2.05) is 39.2 Å². The zero-order valence-electron chi connectivity index (χ0n) is 20.0. The van der Waals surface area contributed by atoms with Gasteiger partial charge < -0.3 is 15.5 Å². The summed E-state index contributed by atoms with van der Waals surface area (Å²) in [5.41, 5.74) is 6.56. The Balaban J connectivity index is 1.49. The predicted octanol–water partition coefficient (Wildman–Crippen LogP) is 3.92. The molecule has 0 aromatic heterocycles. The molecule has 0 aliphatic carbocycles. The highest BCUT2D eigenvalue weighted by molar-refractivity contribution is 6.39. The highest BCUT2D eigenvalue weighted by atomic mass is 16.2. The molecule has 1 aliphatic heterocycles. The van der Waals surface area contributed by atoms with Crippen molar-refractivity contribution >= 4 is 23.2 Å². The molecule has 34 heavy (non-hydrogen) atoms. The number of nitrogens with zero attached hydrogens (tertiary/aromatic N) is 2. The monoisotopic (exact) mass is 456 g/mol. The number of rotatable bonds is 6. The molecular weight excluding hydrogens is 424 g/mol. The fraction of sp³-hybridized carbons (Fsp3) is 0.286. The van der Waals surface area contributed by atoms with Gasteiger partial charge in [-0.1, -0.05) is 48.5 Å². The molecule has 4 rings (SSSR count). The number of hydrogen-bond donors (Lipinski definition) is 2. The van der Waals surface area contributed by atoms with Gasteiger partial charge in [-0.2, -0.15) is 0 Å². The Morgan fingerprint density at radius 1 is 0.941 bits per heavy atom. The van der Waals surface area contributed by atoms with Crippen molar-refractivity contribution in [2.75, 3.05) is 37.4 Å². The Bertz CT molecular complexity index is 1160. The van der Waals surface area contributed by atoms with Gasteiger partial charge in [0.15, 0.2) is 0 Å². The SMILES string of the molecule is Cc1cccc(NC(=O)C(=O)NCC(c2ccc(N(C)C)cc2)N2CCc3ccccc3C2)c1. The third-order valence-corrected chi connectivity index (χ3v) is 6.33. The number of carbonyl (C=O) groups excluding carboxylic acids is 2. The summed E-state index contributed by atoms with van der Waals surface area (Å²) in [7, 11) is 4.03. The topological polar surface area (TPSA) is 64.7 Å². The summed E-state index contributed by atoms with van der Waals surface area (Å²) < 4.78 is 0. The zero-order chi connectivity index (χ0) is 24.1. The van der Waals surface area contributed by atoms with Crippen LogP contribution < -0.4 is 15.5 Å². The number of amides is 2. The number of anilines is 2. The van der Waals surface area contributed by atoms with E-state index in [9.17, 15) is 9.59 Å². The standard InChI is InChI=1S/C28H32N4O2/c1-20-7-6-10-24(17-20)30-28(34)27(33)29-18-26(22-11-13-25(14-12-22)31(2)3)32-16-15-21-8-4-5-9-23(21)19-32/h4-14,17,26H,15-16,18-19H2,1-3H3,(H,29,33)(H,30,34). The Morgan fingerprint density at radius 3 is 2.38 bits per heavy atom. The molecule has 0 spiro atoms. The van der Waals surface area contributed by atoms with Gasteiger partial charge in [0.1, 0.15) is 0 Å². The first-order chi connectivity index (χ1) is 16.4. The summed E-state index contributed by atoms with van der Waals surface area (Å²) in [6, 6.07) is 24.3. The first-order valence-electron chi connectivity index (χ1n) is 11.6. The summed E-state index contributed by atoms with van der Waals surface area (Å²) in [5, 5.41) is 5.56. The third kappa shape index (κ3) is 5.64. The van der Waals surface area contributed by atoms with Crippen molar-refractivity contribution in [2.45, 2.75) is 25.9 Å². The second-order valence-corrected chi connectivity index (χ2v) is 9.02. The molecule has 0 bridgehead atoms. The van der Waals surface area contributed by atoms with E-state index in [4.69, 9.17) is 0 Å². The van der Waals surface area contributed by atoms with Crippen LogP contribution in [0.3, 0.4) is 0 Å². The highest BCUT2D eigenvalue weighted by Crippen LogP contribution is 2.28. The van der Waals surface area contributed by atoms with Crippen LogP contribution in [0.5, 0.6) is 0 Å². The average Bonchev–Trinajstić information content (AvgIpc) is 2.84. The number of fused-ring (bicyclic) bond motifs is 1. The van der Waals surface area contributed by atoms with Gasteiger partial charge in [-0.05, 0) is 59.9 Å². The van der Waals surface area contributed by atoms with Crippen LogP contribution in [0.25, 0.3) is 0 Å². The van der Waals surface area contributed by atoms with Gasteiger partial charge in [-0.25, -0.2) is 0 Å². The molecule has 2 amide bonds. The van der Waals surface area contributed by atoms with E-state index < -0.39 is 11.8 Å². The second-order valence-electron chi connectivity index (χ2n) is 9.02. The second kappa shape index (κ2) is 10.5. The van der Waals surface area contributed by atoms with E-state index in [2.05, 4.69) is 69.0 Å². The molecule has 1 heterocycles. The van der Waals surface area contributed by atoms with Crippen molar-refractivity contribution < 1.29 is 9.59 Å². The predicted molar refractivity (Wildman–Crippen MR) is 137 cm³/mol. The van der Waals surface area contributed by atoms with E-state index in [1.54, 1.807) is 6.07 Å². The molecule has 3 aromatic carbocycles. The summed E-state index contributed by atoms with van der Waals surface area (Å²) in [4.78, 5) is 29.6. The summed E-state index contributed by atoms with van der Waals surface area (Å²) in [6.45, 7) is 3.99. The lowest BCUT2D eigenvalue weighted by Crippen LogP contribution is -2.43. The van der Waals surface area contributed by atoms with E-state index in [0.29, 0.717) is 12.2 Å². The Hall–Kier alpha value is -3.64. The molecule has 1 aliphatic rings. The van der Waals surface area contributed by atoms with Gasteiger partial charge in [-0.15, -0.1) is 0 Å². The maximum absolute atomic E-state index is 12.6. The Kier molecular flexibility index (Phi) is 7.28. The van der Waals surface area contributed by atoms with Crippen molar-refractivity contribution in [3.8, 4) is 0 Å². The molecular formula is C28H32N4O2. The van der Waals surface area contributed by atoms with Crippen molar-refractivity contribution in [2.24, 2.45) is 0 Å². The van der Waals surface area contributed by atoms with Gasteiger partial charge in [0, 0.05) is 45.1 Å². The quantitative estimate of drug-likeness (QED) is 0.552. The van der Waals surface area contributed by atoms with Gasteiger partial charge in [0.25, 0.3) is 0 Å². The molecule has 2 N–H and O–H groups in total. The van der Waals surface area contributed by atoms with Crippen LogP contribution in [-0.2, 0) is 22.6 Å². The van der Waals surface area contributed by atoms with Crippen LogP contribution in [0.2, 0.25) is 0 Å². The fourth-order valence-corrected chi connectivity index (χ4v) is 4.42. The molecule has 1 atom stereocenters. The first-order valence-corrected chi connectivity index (χ1v) is 11.6. The normalized spacial score (nSPS) is 14.1. The lowest BCUT2D eigenvalue weighted by Gasteiger charge is -2.36. The number of carbonyl (C=O) groups is 2. The highest BCUT2D eigenvalue weighted by Gasteiger charge is 2.26. The van der Waals surface area contributed by atoms with E-state index in [1.165, 1.54) is 11.1 Å². The first kappa shape index (κ1) is 23.5. The molecule has 3 aromatic rings. The Morgan fingerprint density at radius 2 is 1.68 bits per heavy atom. The number of benzene rings is 3. The van der Waals surface area contributed by atoms with Crippen LogP contribution in [0.15, 0.2) is 72.8 Å². The average molecular weight is 457 g/mol. The third-order valence-electron chi connectivity index (χ3n) is 6.33. The van der Waals surface area contributed by atoms with Crippen LogP contribution in [0.1, 0.15) is 28.3 Å². The molecule has 0 radical (unpaired) electrons. The zero-order valence-corrected chi connectivity index (χ0v) is 20.0. The van der Waals surface area contributed by atoms with E-state index in [-0.39, 0.29) is 6.04 Å². The molecule has 0 saturated heterocycles. The van der Waals surface area contributed by atoms with Gasteiger partial charge in [-0.3, -0.25) is 14.5 Å². The molecule has 176 valence electrons. The minimum absolute atomic E-state index is 0.0414. The van der Waals surface area contributed by atoms with Crippen LogP contribution >= 0.6 is 0 Å². The lowest BCUT2D eigenvalue weighted by molar-refractivity contribution is -0.136. The van der Waals surface area contributed by atoms with Crippen molar-refractivity contribution in [3.63, 3.8) is 0 Å². The van der Waals surface area contributed by atoms with Crippen LogP contribution in [0.4, 0.5) is 11.4 Å². The molecule has 6 nitrogen and oxygen atoms in total. The van der Waals surface area contributed by atoms with Crippen molar-refractivity contribution in [1.29, 1.82) is 0 Å². The van der Waals surface area contributed by atoms with Gasteiger partial charge in [0.2, 0.25) is 0 Å². The minimum Gasteiger partial charge on any atom is -0.378 e. The number of nitrogens with one attached hydrogen (secondary N) is 2. The van der Waals surface area contributed by atoms with E-state index >= 15 is 0 Å². The summed E-state index contributed by atoms with van der Waals surface area (Å²) in [6.07, 6.45) is 0.963. The maximum atomic E-state index is 12.6.